The van der Waals surface area contributed by atoms with Gasteiger partial charge in [0.25, 0.3) is 5.91 Å². The van der Waals surface area contributed by atoms with Crippen LogP contribution in [-0.2, 0) is 4.79 Å². The van der Waals surface area contributed by atoms with Gasteiger partial charge in [-0.1, -0.05) is 0 Å². The van der Waals surface area contributed by atoms with Gasteiger partial charge in [-0.2, -0.15) is 0 Å². The number of alkyl halides is 1. The average Bonchev–Trinajstić information content (AvgIpc) is 2.57. The van der Waals surface area contributed by atoms with E-state index in [1.807, 2.05) is 0 Å². The second kappa shape index (κ2) is 7.68. The first-order valence-electron chi connectivity index (χ1n) is 7.22. The number of carbonyl (C=O) groups excluding carboxylic acids is 2. The van der Waals surface area contributed by atoms with Gasteiger partial charge < -0.3 is 9.80 Å². The summed E-state index contributed by atoms with van der Waals surface area (Å²) in [5.41, 5.74) is -0.509. The van der Waals surface area contributed by atoms with E-state index in [0.717, 1.165) is 12.1 Å². The van der Waals surface area contributed by atoms with Gasteiger partial charge in [-0.15, -0.1) is 11.6 Å². The highest BCUT2D eigenvalue weighted by Gasteiger charge is 2.27. The summed E-state index contributed by atoms with van der Waals surface area (Å²) >= 11 is 5.54. The lowest BCUT2D eigenvalue weighted by molar-refractivity contribution is -0.132. The molecule has 23 heavy (non-hydrogen) atoms. The first-order valence-corrected chi connectivity index (χ1v) is 7.75. The maximum Gasteiger partial charge on any atom is 0.257 e. The standard InChI is InChI=1S/C15H16ClF3N2O2/c16-5-1-2-12(22)20-6-8-21(9-7-20)15(23)10-3-4-11(17)14(19)13(10)18/h3-4H,1-2,5-9H2. The van der Waals surface area contributed by atoms with Crippen molar-refractivity contribution in [1.82, 2.24) is 9.80 Å². The van der Waals surface area contributed by atoms with Crippen molar-refractivity contribution >= 4 is 23.4 Å². The Bertz CT molecular complexity index is 605. The Hall–Kier alpha value is -1.76. The molecule has 1 heterocycles. The molecule has 0 bridgehead atoms. The second-order valence-electron chi connectivity index (χ2n) is 5.19. The molecule has 0 radical (unpaired) electrons. The van der Waals surface area contributed by atoms with Crippen LogP contribution in [-0.4, -0.2) is 53.7 Å². The van der Waals surface area contributed by atoms with E-state index in [1.165, 1.54) is 4.90 Å². The van der Waals surface area contributed by atoms with Gasteiger partial charge in [-0.3, -0.25) is 9.59 Å². The Balaban J connectivity index is 1.99. The third kappa shape index (κ3) is 3.96. The highest BCUT2D eigenvalue weighted by molar-refractivity contribution is 6.17. The van der Waals surface area contributed by atoms with Crippen LogP contribution in [0.4, 0.5) is 13.2 Å². The van der Waals surface area contributed by atoms with E-state index in [9.17, 15) is 22.8 Å². The molecule has 1 aromatic carbocycles. The molecule has 0 atom stereocenters. The largest absolute Gasteiger partial charge is 0.339 e. The van der Waals surface area contributed by atoms with Gasteiger partial charge in [-0.25, -0.2) is 13.2 Å². The lowest BCUT2D eigenvalue weighted by Crippen LogP contribution is -2.50. The fourth-order valence-electron chi connectivity index (χ4n) is 2.40. The Morgan fingerprint density at radius 3 is 2.22 bits per heavy atom. The Labute approximate surface area is 136 Å². The molecule has 0 aliphatic carbocycles. The minimum Gasteiger partial charge on any atom is -0.339 e. The van der Waals surface area contributed by atoms with Gasteiger partial charge in [0, 0.05) is 38.5 Å². The van der Waals surface area contributed by atoms with Gasteiger partial charge in [0.2, 0.25) is 5.91 Å². The van der Waals surface area contributed by atoms with Crippen LogP contribution in [0.25, 0.3) is 0 Å². The molecule has 1 fully saturated rings. The summed E-state index contributed by atoms with van der Waals surface area (Å²) in [5.74, 6) is -4.85. The fourth-order valence-corrected chi connectivity index (χ4v) is 2.53. The minimum atomic E-state index is -1.66. The van der Waals surface area contributed by atoms with Crippen LogP contribution in [0.5, 0.6) is 0 Å². The summed E-state index contributed by atoms with van der Waals surface area (Å²) < 4.78 is 39.8. The van der Waals surface area contributed by atoms with Crippen molar-refractivity contribution in [3.05, 3.63) is 35.1 Å². The third-order valence-corrected chi connectivity index (χ3v) is 3.98. The zero-order valence-corrected chi connectivity index (χ0v) is 13.1. The summed E-state index contributed by atoms with van der Waals surface area (Å²) in [6, 6.07) is 1.64. The lowest BCUT2D eigenvalue weighted by Gasteiger charge is -2.35. The number of nitrogens with zero attached hydrogens (tertiary/aromatic N) is 2. The first kappa shape index (κ1) is 17.6. The molecular formula is C15H16ClF3N2O2. The van der Waals surface area contributed by atoms with Gasteiger partial charge in [0.1, 0.15) is 0 Å². The van der Waals surface area contributed by atoms with Gasteiger partial charge in [0.15, 0.2) is 17.5 Å². The lowest BCUT2D eigenvalue weighted by atomic mass is 10.1. The molecule has 1 aliphatic rings. The zero-order valence-electron chi connectivity index (χ0n) is 12.3. The highest BCUT2D eigenvalue weighted by atomic mass is 35.5. The second-order valence-corrected chi connectivity index (χ2v) is 5.57. The van der Waals surface area contributed by atoms with Gasteiger partial charge >= 0.3 is 0 Å². The Morgan fingerprint density at radius 1 is 1.00 bits per heavy atom. The van der Waals surface area contributed by atoms with E-state index < -0.39 is 28.9 Å². The van der Waals surface area contributed by atoms with Crippen LogP contribution in [0, 0.1) is 17.5 Å². The Kier molecular flexibility index (Phi) is 5.87. The van der Waals surface area contributed by atoms with E-state index in [2.05, 4.69) is 0 Å². The first-order chi connectivity index (χ1) is 11.0. The SMILES string of the molecule is O=C(CCCCl)N1CCN(C(=O)c2ccc(F)c(F)c2F)CC1. The molecule has 8 heteroatoms. The molecular weight excluding hydrogens is 333 g/mol. The molecule has 126 valence electrons. The smallest absolute Gasteiger partial charge is 0.257 e. The highest BCUT2D eigenvalue weighted by Crippen LogP contribution is 2.18. The number of halogens is 4. The Morgan fingerprint density at radius 2 is 1.61 bits per heavy atom. The van der Waals surface area contributed by atoms with Crippen LogP contribution in [0.3, 0.4) is 0 Å². The normalized spacial score (nSPS) is 15.0. The number of hydrogen-bond donors (Lipinski definition) is 0. The van der Waals surface area contributed by atoms with E-state index in [-0.39, 0.29) is 19.0 Å². The maximum absolute atomic E-state index is 13.7. The van der Waals surface area contributed by atoms with Gasteiger partial charge in [-0.05, 0) is 18.6 Å². The fraction of sp³-hybridized carbons (Fsp3) is 0.467. The number of rotatable bonds is 4. The van der Waals surface area contributed by atoms with Crippen LogP contribution in [0.15, 0.2) is 12.1 Å². The summed E-state index contributed by atoms with van der Waals surface area (Å²) in [4.78, 5) is 27.0. The number of amides is 2. The molecule has 0 saturated carbocycles. The summed E-state index contributed by atoms with van der Waals surface area (Å²) in [6.45, 7) is 1.06. The van der Waals surface area contributed by atoms with Gasteiger partial charge in [0.05, 0.1) is 5.56 Å². The number of hydrogen-bond acceptors (Lipinski definition) is 2. The third-order valence-electron chi connectivity index (χ3n) is 3.71. The minimum absolute atomic E-state index is 0.0447. The molecule has 1 aromatic rings. The summed E-state index contributed by atoms with van der Waals surface area (Å²) in [6.07, 6.45) is 0.925. The molecule has 4 nitrogen and oxygen atoms in total. The molecule has 0 N–H and O–H groups in total. The maximum atomic E-state index is 13.7. The van der Waals surface area contributed by atoms with Crippen LogP contribution in [0.1, 0.15) is 23.2 Å². The quantitative estimate of drug-likeness (QED) is 0.619. The average molecular weight is 349 g/mol. The molecule has 0 spiro atoms. The van der Waals surface area contributed by atoms with E-state index in [1.54, 1.807) is 4.90 Å². The predicted octanol–water partition coefficient (Wildman–Crippen LogP) is 2.41. The molecule has 1 saturated heterocycles. The van der Waals surface area contributed by atoms with Crippen molar-refractivity contribution in [2.75, 3.05) is 32.1 Å². The molecule has 0 aromatic heterocycles. The molecule has 2 amide bonds. The van der Waals surface area contributed by atoms with Crippen molar-refractivity contribution in [2.45, 2.75) is 12.8 Å². The topological polar surface area (TPSA) is 40.6 Å². The summed E-state index contributed by atoms with van der Waals surface area (Å²) in [7, 11) is 0. The monoisotopic (exact) mass is 348 g/mol. The number of benzene rings is 1. The van der Waals surface area contributed by atoms with E-state index in [4.69, 9.17) is 11.6 Å². The van der Waals surface area contributed by atoms with Crippen molar-refractivity contribution in [1.29, 1.82) is 0 Å². The number of carbonyl (C=O) groups is 2. The zero-order chi connectivity index (χ0) is 17.0. The van der Waals surface area contributed by atoms with Crippen LogP contribution < -0.4 is 0 Å². The summed E-state index contributed by atoms with van der Waals surface area (Å²) in [5, 5.41) is 0. The van der Waals surface area contributed by atoms with Crippen molar-refractivity contribution in [2.24, 2.45) is 0 Å². The molecule has 2 rings (SSSR count). The van der Waals surface area contributed by atoms with Crippen molar-refractivity contribution < 1.29 is 22.8 Å². The van der Waals surface area contributed by atoms with E-state index >= 15 is 0 Å². The van der Waals surface area contributed by atoms with Crippen LogP contribution >= 0.6 is 11.6 Å². The number of piperazine rings is 1. The molecule has 0 unspecified atom stereocenters. The predicted molar refractivity (Wildman–Crippen MR) is 78.8 cm³/mol. The van der Waals surface area contributed by atoms with Crippen LogP contribution in [0.2, 0.25) is 0 Å². The van der Waals surface area contributed by atoms with E-state index in [0.29, 0.717) is 31.8 Å². The molecule has 1 aliphatic heterocycles. The van der Waals surface area contributed by atoms with Crippen molar-refractivity contribution in [3.8, 4) is 0 Å². The van der Waals surface area contributed by atoms with Crippen molar-refractivity contribution in [3.63, 3.8) is 0 Å².